The fourth-order valence-electron chi connectivity index (χ4n) is 4.09. The molecule has 1 atom stereocenters. The Morgan fingerprint density at radius 1 is 1.32 bits per heavy atom. The number of alkyl halides is 3. The van der Waals surface area contributed by atoms with Crippen molar-refractivity contribution in [3.8, 4) is 5.69 Å². The van der Waals surface area contributed by atoms with Crippen molar-refractivity contribution >= 4 is 22.4 Å². The van der Waals surface area contributed by atoms with Crippen LogP contribution in [-0.2, 0) is 11.0 Å². The lowest BCUT2D eigenvalue weighted by molar-refractivity contribution is -0.137. The van der Waals surface area contributed by atoms with Gasteiger partial charge in [0.2, 0.25) is 5.91 Å². The molecule has 1 saturated carbocycles. The third kappa shape index (κ3) is 4.76. The Labute approximate surface area is 180 Å². The zero-order valence-electron chi connectivity index (χ0n) is 16.8. The summed E-state index contributed by atoms with van der Waals surface area (Å²) in [5.74, 6) is -0.511. The maximum absolute atomic E-state index is 13.9. The molecular weight excluding hydrogens is 429 g/mol. The number of nitrogens with zero attached hydrogens (tertiary/aromatic N) is 5. The molecule has 1 fully saturated rings. The lowest BCUT2D eigenvalue weighted by Gasteiger charge is -2.22. The van der Waals surface area contributed by atoms with E-state index in [2.05, 4.69) is 25.8 Å². The maximum Gasteiger partial charge on any atom is 0.418 e. The van der Waals surface area contributed by atoms with Crippen LogP contribution in [0.1, 0.15) is 55.0 Å². The summed E-state index contributed by atoms with van der Waals surface area (Å²) in [6.45, 7) is 1.53. The van der Waals surface area contributed by atoms with Gasteiger partial charge in [0.1, 0.15) is 0 Å². The van der Waals surface area contributed by atoms with Gasteiger partial charge in [-0.3, -0.25) is 4.79 Å². The van der Waals surface area contributed by atoms with Crippen molar-refractivity contribution in [1.29, 1.82) is 0 Å². The van der Waals surface area contributed by atoms with Gasteiger partial charge in [0, 0.05) is 11.6 Å². The Balaban J connectivity index is 1.72. The molecule has 3 aromatic rings. The molecule has 1 unspecified atom stereocenters. The first-order valence-electron chi connectivity index (χ1n) is 10.00. The molecule has 1 aliphatic rings. The van der Waals surface area contributed by atoms with Crippen LogP contribution in [0.15, 0.2) is 29.8 Å². The van der Waals surface area contributed by atoms with Crippen LogP contribution in [0.5, 0.6) is 0 Å². The summed E-state index contributed by atoms with van der Waals surface area (Å²) in [5.41, 5.74) is -0.722. The van der Waals surface area contributed by atoms with E-state index in [1.165, 1.54) is 24.3 Å². The summed E-state index contributed by atoms with van der Waals surface area (Å²) < 4.78 is 42.9. The SMILES string of the molecule is Cc1nnnn1-c1ccc(C(CC2CCCC2)C(=O)Nc2nccs2)cc1C(F)(F)F. The lowest BCUT2D eigenvalue weighted by Crippen LogP contribution is -2.24. The van der Waals surface area contributed by atoms with Crippen LogP contribution in [0.25, 0.3) is 5.69 Å². The van der Waals surface area contributed by atoms with E-state index in [0.717, 1.165) is 36.4 Å². The van der Waals surface area contributed by atoms with Crippen molar-refractivity contribution in [3.63, 3.8) is 0 Å². The molecule has 1 aliphatic carbocycles. The molecule has 4 rings (SSSR count). The fourth-order valence-corrected chi connectivity index (χ4v) is 4.62. The molecule has 164 valence electrons. The number of rotatable bonds is 6. The number of carbonyl (C=O) groups excluding carboxylic acids is 1. The van der Waals surface area contributed by atoms with E-state index in [1.54, 1.807) is 17.6 Å². The van der Waals surface area contributed by atoms with Crippen LogP contribution < -0.4 is 5.32 Å². The van der Waals surface area contributed by atoms with E-state index in [-0.39, 0.29) is 17.4 Å². The molecule has 31 heavy (non-hydrogen) atoms. The quantitative estimate of drug-likeness (QED) is 0.586. The molecule has 1 amide bonds. The molecule has 0 spiro atoms. The zero-order valence-corrected chi connectivity index (χ0v) is 17.6. The normalized spacial score (nSPS) is 15.9. The van der Waals surface area contributed by atoms with Crippen molar-refractivity contribution in [1.82, 2.24) is 25.2 Å². The summed E-state index contributed by atoms with van der Waals surface area (Å²) in [7, 11) is 0. The van der Waals surface area contributed by atoms with Crippen LogP contribution in [0.4, 0.5) is 18.3 Å². The molecule has 2 heterocycles. The van der Waals surface area contributed by atoms with E-state index in [9.17, 15) is 18.0 Å². The van der Waals surface area contributed by atoms with Gasteiger partial charge in [-0.05, 0) is 47.4 Å². The van der Waals surface area contributed by atoms with E-state index in [4.69, 9.17) is 0 Å². The van der Waals surface area contributed by atoms with E-state index in [1.807, 2.05) is 0 Å². The van der Waals surface area contributed by atoms with Crippen molar-refractivity contribution in [2.24, 2.45) is 5.92 Å². The Bertz CT molecular complexity index is 1040. The van der Waals surface area contributed by atoms with E-state index >= 15 is 0 Å². The summed E-state index contributed by atoms with van der Waals surface area (Å²) in [5, 5.41) is 15.7. The van der Waals surface area contributed by atoms with E-state index in [0.29, 0.717) is 23.0 Å². The van der Waals surface area contributed by atoms with Gasteiger partial charge >= 0.3 is 6.18 Å². The average molecular weight is 450 g/mol. The highest BCUT2D eigenvalue weighted by atomic mass is 32.1. The van der Waals surface area contributed by atoms with Crippen molar-refractivity contribution in [2.45, 2.75) is 51.1 Å². The van der Waals surface area contributed by atoms with Crippen LogP contribution in [-0.4, -0.2) is 31.1 Å². The number of benzene rings is 1. The highest BCUT2D eigenvalue weighted by molar-refractivity contribution is 7.13. The Morgan fingerprint density at radius 2 is 2.10 bits per heavy atom. The average Bonchev–Trinajstić information content (AvgIpc) is 3.48. The number of aryl methyl sites for hydroxylation is 1. The largest absolute Gasteiger partial charge is 0.418 e. The van der Waals surface area contributed by atoms with Gasteiger partial charge in [-0.15, -0.1) is 16.4 Å². The molecular formula is C20H21F3N6OS. The number of aromatic nitrogens is 5. The zero-order chi connectivity index (χ0) is 22.0. The van der Waals surface area contributed by atoms with Gasteiger partial charge in [0.05, 0.1) is 17.2 Å². The van der Waals surface area contributed by atoms with Crippen molar-refractivity contribution in [2.75, 3.05) is 5.32 Å². The van der Waals surface area contributed by atoms with Crippen molar-refractivity contribution in [3.05, 3.63) is 46.7 Å². The predicted octanol–water partition coefficient (Wildman–Crippen LogP) is 4.75. The number of hydrogen-bond donors (Lipinski definition) is 1. The molecule has 1 aromatic carbocycles. The van der Waals surface area contributed by atoms with Crippen LogP contribution in [0.3, 0.4) is 0 Å². The molecule has 0 aliphatic heterocycles. The molecule has 0 saturated heterocycles. The third-order valence-electron chi connectivity index (χ3n) is 5.60. The number of tetrazole rings is 1. The summed E-state index contributed by atoms with van der Waals surface area (Å²) >= 11 is 1.27. The van der Waals surface area contributed by atoms with Crippen LogP contribution in [0.2, 0.25) is 0 Å². The van der Waals surface area contributed by atoms with Gasteiger partial charge in [-0.1, -0.05) is 31.7 Å². The smallest absolute Gasteiger partial charge is 0.301 e. The summed E-state index contributed by atoms with van der Waals surface area (Å²) in [6.07, 6.45) is 1.56. The standard InChI is InChI=1S/C20H21F3N6OS/c1-12-26-27-28-29(12)17-7-6-14(11-16(17)20(21,22)23)15(10-13-4-2-3-5-13)18(30)25-19-24-8-9-31-19/h6-9,11,13,15H,2-5,10H2,1H3,(H,24,25,30). The molecule has 0 radical (unpaired) electrons. The van der Waals surface area contributed by atoms with Gasteiger partial charge in [0.15, 0.2) is 11.0 Å². The fraction of sp³-hybridized carbons (Fsp3) is 0.450. The first kappa shape index (κ1) is 21.4. The van der Waals surface area contributed by atoms with Gasteiger partial charge in [0.25, 0.3) is 0 Å². The number of carbonyl (C=O) groups is 1. The lowest BCUT2D eigenvalue weighted by atomic mass is 9.86. The second-order valence-corrected chi connectivity index (χ2v) is 8.57. The number of halogens is 3. The Hall–Kier alpha value is -2.82. The minimum absolute atomic E-state index is 0.168. The topological polar surface area (TPSA) is 85.6 Å². The number of nitrogens with one attached hydrogen (secondary N) is 1. The number of anilines is 1. The van der Waals surface area contributed by atoms with Crippen molar-refractivity contribution < 1.29 is 18.0 Å². The van der Waals surface area contributed by atoms with Gasteiger partial charge in [-0.2, -0.15) is 17.9 Å². The molecule has 1 N–H and O–H groups in total. The Morgan fingerprint density at radius 3 is 2.71 bits per heavy atom. The molecule has 11 heteroatoms. The second kappa shape index (κ2) is 8.74. The molecule has 0 bridgehead atoms. The predicted molar refractivity (Wildman–Crippen MR) is 109 cm³/mol. The van der Waals surface area contributed by atoms with Crippen LogP contribution in [0, 0.1) is 12.8 Å². The van der Waals surface area contributed by atoms with Gasteiger partial charge in [-0.25, -0.2) is 4.98 Å². The Kier molecular flexibility index (Phi) is 6.03. The second-order valence-electron chi connectivity index (χ2n) is 7.68. The molecule has 2 aromatic heterocycles. The maximum atomic E-state index is 13.9. The number of amides is 1. The van der Waals surface area contributed by atoms with Crippen LogP contribution >= 0.6 is 11.3 Å². The van der Waals surface area contributed by atoms with E-state index < -0.39 is 17.7 Å². The highest BCUT2D eigenvalue weighted by Crippen LogP contribution is 2.39. The first-order valence-corrected chi connectivity index (χ1v) is 10.9. The van der Waals surface area contributed by atoms with Gasteiger partial charge < -0.3 is 5.32 Å². The summed E-state index contributed by atoms with van der Waals surface area (Å²) in [6, 6.07) is 3.95. The highest BCUT2D eigenvalue weighted by Gasteiger charge is 2.37. The summed E-state index contributed by atoms with van der Waals surface area (Å²) in [4.78, 5) is 17.1. The molecule has 7 nitrogen and oxygen atoms in total. The number of thiazole rings is 1. The number of hydrogen-bond acceptors (Lipinski definition) is 6. The minimum atomic E-state index is -4.63. The first-order chi connectivity index (χ1) is 14.8. The third-order valence-corrected chi connectivity index (χ3v) is 6.29. The monoisotopic (exact) mass is 450 g/mol. The minimum Gasteiger partial charge on any atom is -0.301 e.